The van der Waals surface area contributed by atoms with Crippen LogP contribution in [0.5, 0.6) is 0 Å². The van der Waals surface area contributed by atoms with Crippen molar-refractivity contribution in [3.63, 3.8) is 0 Å². The van der Waals surface area contributed by atoms with Crippen LogP contribution < -0.4 is 0 Å². The first-order valence-corrected chi connectivity index (χ1v) is 6.11. The number of hydrogen-bond donors (Lipinski definition) is 0. The molecule has 0 N–H and O–H groups in total. The Balaban J connectivity index is 2.00. The van der Waals surface area contributed by atoms with Gasteiger partial charge in [-0.2, -0.15) is 0 Å². The average Bonchev–Trinajstić information content (AvgIpc) is 2.32. The van der Waals surface area contributed by atoms with Crippen molar-refractivity contribution in [3.8, 4) is 0 Å². The zero-order chi connectivity index (χ0) is 12.1. The average molecular weight is 266 g/mol. The first kappa shape index (κ1) is 12.1. The maximum atomic E-state index is 12.7. The molecule has 1 nitrogen and oxygen atoms in total. The van der Waals surface area contributed by atoms with Crippen LogP contribution >= 0.6 is 23.5 Å². The van der Waals surface area contributed by atoms with E-state index in [1.54, 1.807) is 18.3 Å². The van der Waals surface area contributed by atoms with Gasteiger partial charge in [0.25, 0.3) is 0 Å². The molecule has 0 saturated heterocycles. The predicted molar refractivity (Wildman–Crippen MR) is 71.3 cm³/mol. The van der Waals surface area contributed by atoms with Crippen LogP contribution in [0, 0.1) is 5.82 Å². The molecular formula is C13H9ClFNS. The highest BCUT2D eigenvalue weighted by Crippen LogP contribution is 2.22. The van der Waals surface area contributed by atoms with Gasteiger partial charge in [0.2, 0.25) is 0 Å². The molecule has 0 aliphatic rings. The van der Waals surface area contributed by atoms with Gasteiger partial charge in [-0.25, -0.2) is 8.79 Å². The van der Waals surface area contributed by atoms with Gasteiger partial charge >= 0.3 is 0 Å². The minimum atomic E-state index is -0.246. The van der Waals surface area contributed by atoms with Crippen molar-refractivity contribution in [1.29, 1.82) is 0 Å². The number of nitrogens with zero attached hydrogens (tertiary/aromatic N) is 1. The molecule has 0 aliphatic heterocycles. The molecule has 0 aliphatic carbocycles. The van der Waals surface area contributed by atoms with Gasteiger partial charge in [0.1, 0.15) is 5.82 Å². The number of rotatable bonds is 3. The van der Waals surface area contributed by atoms with Crippen molar-refractivity contribution in [2.24, 2.45) is 4.40 Å². The van der Waals surface area contributed by atoms with Crippen molar-refractivity contribution in [3.05, 3.63) is 64.9 Å². The van der Waals surface area contributed by atoms with E-state index in [1.807, 2.05) is 24.3 Å². The van der Waals surface area contributed by atoms with Crippen molar-refractivity contribution in [1.82, 2.24) is 0 Å². The Bertz CT molecular complexity index is 525. The van der Waals surface area contributed by atoms with Crippen LogP contribution in [0.3, 0.4) is 0 Å². The molecule has 2 aromatic carbocycles. The molecule has 0 amide bonds. The molecule has 17 heavy (non-hydrogen) atoms. The summed E-state index contributed by atoms with van der Waals surface area (Å²) in [7, 11) is 0. The van der Waals surface area contributed by atoms with Gasteiger partial charge in [-0.15, -0.1) is 0 Å². The summed E-state index contributed by atoms with van der Waals surface area (Å²) in [5, 5.41) is 0.687. The van der Waals surface area contributed by atoms with E-state index in [-0.39, 0.29) is 5.82 Å². The first-order valence-electron chi connectivity index (χ1n) is 4.95. The monoisotopic (exact) mass is 265 g/mol. The minimum absolute atomic E-state index is 0.246. The van der Waals surface area contributed by atoms with Crippen molar-refractivity contribution >= 4 is 29.8 Å². The third-order valence-corrected chi connectivity index (χ3v) is 2.94. The maximum Gasteiger partial charge on any atom is 0.123 e. The van der Waals surface area contributed by atoms with Crippen molar-refractivity contribution in [2.45, 2.75) is 4.90 Å². The van der Waals surface area contributed by atoms with Crippen LogP contribution in [0.15, 0.2) is 57.8 Å². The lowest BCUT2D eigenvalue weighted by molar-refractivity contribution is 0.628. The topological polar surface area (TPSA) is 12.4 Å². The Kier molecular flexibility index (Phi) is 4.18. The summed E-state index contributed by atoms with van der Waals surface area (Å²) in [6.45, 7) is 0. The van der Waals surface area contributed by atoms with Gasteiger partial charge in [-0.3, -0.25) is 0 Å². The van der Waals surface area contributed by atoms with Crippen LogP contribution in [0.25, 0.3) is 0 Å². The molecule has 0 atom stereocenters. The highest BCUT2D eigenvalue weighted by Gasteiger charge is 1.93. The highest BCUT2D eigenvalue weighted by molar-refractivity contribution is 7.98. The van der Waals surface area contributed by atoms with E-state index in [4.69, 9.17) is 11.6 Å². The summed E-state index contributed by atoms with van der Waals surface area (Å²) < 4.78 is 16.8. The van der Waals surface area contributed by atoms with E-state index < -0.39 is 0 Å². The van der Waals surface area contributed by atoms with E-state index >= 15 is 0 Å². The quantitative estimate of drug-likeness (QED) is 0.583. The van der Waals surface area contributed by atoms with Gasteiger partial charge in [0, 0.05) is 28.1 Å². The van der Waals surface area contributed by atoms with Crippen LogP contribution in [0.4, 0.5) is 4.39 Å². The molecular weight excluding hydrogens is 257 g/mol. The summed E-state index contributed by atoms with van der Waals surface area (Å²) in [5.74, 6) is -0.246. The summed E-state index contributed by atoms with van der Waals surface area (Å²) in [4.78, 5) is 0.968. The Morgan fingerprint density at radius 3 is 2.59 bits per heavy atom. The minimum Gasteiger partial charge on any atom is -0.219 e. The fraction of sp³-hybridized carbons (Fsp3) is 0. The Labute approximate surface area is 108 Å². The lowest BCUT2D eigenvalue weighted by Gasteiger charge is -1.96. The van der Waals surface area contributed by atoms with Crippen LogP contribution in [-0.4, -0.2) is 6.21 Å². The summed E-state index contributed by atoms with van der Waals surface area (Å²) in [6.07, 6.45) is 1.69. The largest absolute Gasteiger partial charge is 0.219 e. The second-order valence-corrected chi connectivity index (χ2v) is 4.64. The summed E-state index contributed by atoms with van der Waals surface area (Å²) >= 11 is 7.18. The van der Waals surface area contributed by atoms with E-state index in [0.29, 0.717) is 5.02 Å². The van der Waals surface area contributed by atoms with Crippen molar-refractivity contribution in [2.75, 3.05) is 0 Å². The molecule has 0 saturated carbocycles. The van der Waals surface area contributed by atoms with Crippen LogP contribution in [0.2, 0.25) is 5.02 Å². The summed E-state index contributed by atoms with van der Waals surface area (Å²) in [6, 6.07) is 13.6. The first-order chi connectivity index (χ1) is 8.24. The second kappa shape index (κ2) is 5.84. The number of halogens is 2. The number of benzene rings is 2. The van der Waals surface area contributed by atoms with Crippen molar-refractivity contribution < 1.29 is 4.39 Å². The summed E-state index contributed by atoms with van der Waals surface area (Å²) in [5.41, 5.74) is 0.862. The van der Waals surface area contributed by atoms with E-state index in [1.165, 1.54) is 24.1 Å². The van der Waals surface area contributed by atoms with E-state index in [9.17, 15) is 4.39 Å². The van der Waals surface area contributed by atoms with E-state index in [0.717, 1.165) is 10.5 Å². The molecule has 86 valence electrons. The SMILES string of the molecule is Fc1ccc(/C=N/Sc2cccc(Cl)c2)cc1. The smallest absolute Gasteiger partial charge is 0.123 e. The normalized spacial score (nSPS) is 10.9. The molecule has 0 bridgehead atoms. The predicted octanol–water partition coefficient (Wildman–Crippen LogP) is 4.61. The molecule has 0 fully saturated rings. The second-order valence-electron chi connectivity index (χ2n) is 3.33. The lowest BCUT2D eigenvalue weighted by Crippen LogP contribution is -1.80. The van der Waals surface area contributed by atoms with E-state index in [2.05, 4.69) is 4.40 Å². The third kappa shape index (κ3) is 3.88. The molecule has 2 rings (SSSR count). The molecule has 4 heteroatoms. The zero-order valence-corrected chi connectivity index (χ0v) is 10.4. The maximum absolute atomic E-state index is 12.7. The number of hydrogen-bond acceptors (Lipinski definition) is 2. The fourth-order valence-electron chi connectivity index (χ4n) is 1.22. The van der Waals surface area contributed by atoms with Crippen LogP contribution in [0.1, 0.15) is 5.56 Å². The van der Waals surface area contributed by atoms with Gasteiger partial charge < -0.3 is 0 Å². The van der Waals surface area contributed by atoms with Gasteiger partial charge in [0.15, 0.2) is 0 Å². The molecule has 2 aromatic rings. The Morgan fingerprint density at radius 2 is 1.88 bits per heavy atom. The Hall–Kier alpha value is -1.32. The lowest BCUT2D eigenvalue weighted by atomic mass is 10.2. The van der Waals surface area contributed by atoms with Gasteiger partial charge in [0.05, 0.1) is 0 Å². The van der Waals surface area contributed by atoms with Crippen LogP contribution in [-0.2, 0) is 0 Å². The molecule has 0 aromatic heterocycles. The molecule has 0 spiro atoms. The molecule has 0 radical (unpaired) electrons. The fourth-order valence-corrected chi connectivity index (χ4v) is 2.09. The molecule has 0 unspecified atom stereocenters. The van der Waals surface area contributed by atoms with Gasteiger partial charge in [-0.05, 0) is 35.9 Å². The standard InChI is InChI=1S/C13H9ClFNS/c14-11-2-1-3-13(8-11)17-16-9-10-4-6-12(15)7-5-10/h1-9H/b16-9+. The zero-order valence-electron chi connectivity index (χ0n) is 8.81. The molecule has 0 heterocycles. The third-order valence-electron chi connectivity index (χ3n) is 2.03. The highest BCUT2D eigenvalue weighted by atomic mass is 35.5. The Morgan fingerprint density at radius 1 is 1.12 bits per heavy atom. The van der Waals surface area contributed by atoms with Gasteiger partial charge in [-0.1, -0.05) is 29.8 Å².